The van der Waals surface area contributed by atoms with Gasteiger partial charge in [0.2, 0.25) is 5.91 Å². The first kappa shape index (κ1) is 15.5. The minimum Gasteiger partial charge on any atom is -0.383 e. The van der Waals surface area contributed by atoms with Crippen molar-refractivity contribution in [2.45, 2.75) is 38.6 Å². The number of rotatable bonds is 7. The number of methoxy groups -OCH3 is 1. The summed E-state index contributed by atoms with van der Waals surface area (Å²) in [4.78, 5) is 14.7. The molecule has 0 aliphatic heterocycles. The van der Waals surface area contributed by atoms with E-state index in [0.717, 1.165) is 18.3 Å². The molecule has 0 heterocycles. The number of ether oxygens (including phenoxy) is 1. The number of carbonyl (C=O) groups excluding carboxylic acids is 1. The van der Waals surface area contributed by atoms with E-state index in [1.54, 1.807) is 7.11 Å². The van der Waals surface area contributed by atoms with Crippen molar-refractivity contribution in [2.24, 2.45) is 17.8 Å². The maximum absolute atomic E-state index is 12.8. The molecule has 120 valence electrons. The van der Waals surface area contributed by atoms with Crippen LogP contribution in [0, 0.1) is 17.8 Å². The molecule has 3 rings (SSSR count). The molecule has 1 aromatic rings. The van der Waals surface area contributed by atoms with Gasteiger partial charge < -0.3 is 9.64 Å². The normalized spacial score (nSPS) is 26.3. The first-order valence-electron chi connectivity index (χ1n) is 8.57. The van der Waals surface area contributed by atoms with Crippen molar-refractivity contribution in [3.63, 3.8) is 0 Å². The maximum Gasteiger partial charge on any atom is 0.223 e. The van der Waals surface area contributed by atoms with Crippen molar-refractivity contribution in [2.75, 3.05) is 20.3 Å². The summed E-state index contributed by atoms with van der Waals surface area (Å²) in [5, 5.41) is 0. The second-order valence-electron chi connectivity index (χ2n) is 6.93. The molecule has 2 bridgehead atoms. The summed E-state index contributed by atoms with van der Waals surface area (Å²) in [6.45, 7) is 1.99. The van der Waals surface area contributed by atoms with E-state index < -0.39 is 0 Å². The van der Waals surface area contributed by atoms with E-state index in [1.807, 2.05) is 23.1 Å². The zero-order valence-electron chi connectivity index (χ0n) is 13.5. The largest absolute Gasteiger partial charge is 0.383 e. The van der Waals surface area contributed by atoms with Crippen LogP contribution in [0.1, 0.15) is 37.7 Å². The number of nitrogens with zero attached hydrogens (tertiary/aromatic N) is 1. The molecule has 22 heavy (non-hydrogen) atoms. The molecule has 3 heteroatoms. The van der Waals surface area contributed by atoms with Crippen LogP contribution in [0.15, 0.2) is 30.3 Å². The van der Waals surface area contributed by atoms with Gasteiger partial charge in [0.05, 0.1) is 6.61 Å². The lowest BCUT2D eigenvalue weighted by atomic mass is 9.86. The molecule has 0 unspecified atom stereocenters. The Morgan fingerprint density at radius 3 is 2.68 bits per heavy atom. The van der Waals surface area contributed by atoms with Gasteiger partial charge in [-0.1, -0.05) is 36.8 Å². The van der Waals surface area contributed by atoms with Crippen LogP contribution < -0.4 is 0 Å². The summed E-state index contributed by atoms with van der Waals surface area (Å²) in [6, 6.07) is 10.3. The van der Waals surface area contributed by atoms with E-state index in [2.05, 4.69) is 12.1 Å². The van der Waals surface area contributed by atoms with Gasteiger partial charge in [-0.2, -0.15) is 0 Å². The minimum atomic E-state index is 0.304. The van der Waals surface area contributed by atoms with E-state index in [4.69, 9.17) is 4.74 Å². The number of fused-ring (bicyclic) bond motifs is 2. The average Bonchev–Trinajstić information content (AvgIpc) is 3.15. The van der Waals surface area contributed by atoms with E-state index in [-0.39, 0.29) is 0 Å². The predicted octanol–water partition coefficient (Wildman–Crippen LogP) is 3.49. The molecular formula is C19H27NO2. The summed E-state index contributed by atoms with van der Waals surface area (Å²) >= 11 is 0. The monoisotopic (exact) mass is 301 g/mol. The highest BCUT2D eigenvalue weighted by Gasteiger charge is 2.40. The molecule has 1 aromatic carbocycles. The third-order valence-corrected chi connectivity index (χ3v) is 5.46. The number of carbonyl (C=O) groups is 1. The molecule has 0 radical (unpaired) electrons. The van der Waals surface area contributed by atoms with Gasteiger partial charge in [0, 0.05) is 26.6 Å². The van der Waals surface area contributed by atoms with Crippen molar-refractivity contribution in [1.82, 2.24) is 4.90 Å². The molecule has 1 amide bonds. The second-order valence-corrected chi connectivity index (χ2v) is 6.93. The van der Waals surface area contributed by atoms with E-state index in [9.17, 15) is 4.79 Å². The quantitative estimate of drug-likeness (QED) is 0.771. The van der Waals surface area contributed by atoms with E-state index in [0.29, 0.717) is 31.5 Å². The van der Waals surface area contributed by atoms with Gasteiger partial charge in [-0.25, -0.2) is 0 Å². The highest BCUT2D eigenvalue weighted by atomic mass is 16.5. The van der Waals surface area contributed by atoms with Crippen molar-refractivity contribution in [3.8, 4) is 0 Å². The molecule has 3 nitrogen and oxygen atoms in total. The third-order valence-electron chi connectivity index (χ3n) is 5.46. The standard InChI is InChI=1S/C19H27NO2/c1-22-10-9-20(14-15-5-3-2-4-6-15)19(21)13-18-12-16-7-8-17(18)11-16/h2-6,16-18H,7-14H2,1H3/t16-,17-,18+/m0/s1. The van der Waals surface area contributed by atoms with Crippen LogP contribution in [-0.2, 0) is 16.1 Å². The van der Waals surface area contributed by atoms with Crippen molar-refractivity contribution in [1.29, 1.82) is 0 Å². The fraction of sp³-hybridized carbons (Fsp3) is 0.632. The van der Waals surface area contributed by atoms with Crippen molar-refractivity contribution in [3.05, 3.63) is 35.9 Å². The van der Waals surface area contributed by atoms with Crippen LogP contribution in [0.5, 0.6) is 0 Å². The third kappa shape index (κ3) is 3.70. The zero-order chi connectivity index (χ0) is 15.4. The molecule has 3 atom stereocenters. The van der Waals surface area contributed by atoms with Crippen LogP contribution >= 0.6 is 0 Å². The number of hydrogen-bond donors (Lipinski definition) is 0. The smallest absolute Gasteiger partial charge is 0.223 e. The van der Waals surface area contributed by atoms with Crippen molar-refractivity contribution < 1.29 is 9.53 Å². The fourth-order valence-corrected chi connectivity index (χ4v) is 4.28. The second kappa shape index (κ2) is 7.28. The van der Waals surface area contributed by atoms with Crippen LogP contribution in [-0.4, -0.2) is 31.1 Å². The van der Waals surface area contributed by atoms with Crippen LogP contribution in [0.2, 0.25) is 0 Å². The Labute approximate surface area is 133 Å². The van der Waals surface area contributed by atoms with Gasteiger partial charge in [-0.05, 0) is 42.6 Å². The summed E-state index contributed by atoms with van der Waals surface area (Å²) in [6.07, 6.45) is 6.12. The predicted molar refractivity (Wildman–Crippen MR) is 87.3 cm³/mol. The Kier molecular flexibility index (Phi) is 5.14. The van der Waals surface area contributed by atoms with Crippen LogP contribution in [0.25, 0.3) is 0 Å². The lowest BCUT2D eigenvalue weighted by molar-refractivity contribution is -0.133. The Bertz CT molecular complexity index is 487. The van der Waals surface area contributed by atoms with Gasteiger partial charge in [0.15, 0.2) is 0 Å². The molecule has 2 aliphatic rings. The first-order valence-corrected chi connectivity index (χ1v) is 8.57. The van der Waals surface area contributed by atoms with E-state index >= 15 is 0 Å². The number of benzene rings is 1. The molecular weight excluding hydrogens is 274 g/mol. The van der Waals surface area contributed by atoms with Gasteiger partial charge in [0.25, 0.3) is 0 Å². The number of amides is 1. The Hall–Kier alpha value is -1.35. The van der Waals surface area contributed by atoms with Crippen molar-refractivity contribution >= 4 is 5.91 Å². The summed E-state index contributed by atoms with van der Waals surface area (Å²) in [5.41, 5.74) is 1.19. The van der Waals surface area contributed by atoms with Crippen LogP contribution in [0.3, 0.4) is 0 Å². The van der Waals surface area contributed by atoms with E-state index in [1.165, 1.54) is 31.2 Å². The summed E-state index contributed by atoms with van der Waals surface area (Å²) in [7, 11) is 1.70. The summed E-state index contributed by atoms with van der Waals surface area (Å²) in [5.74, 6) is 2.66. The molecule has 2 fully saturated rings. The van der Waals surface area contributed by atoms with Gasteiger partial charge in [0.1, 0.15) is 0 Å². The Balaban J connectivity index is 1.59. The molecule has 0 aromatic heterocycles. The zero-order valence-corrected chi connectivity index (χ0v) is 13.5. The average molecular weight is 301 g/mol. The highest BCUT2D eigenvalue weighted by Crippen LogP contribution is 2.49. The maximum atomic E-state index is 12.8. The molecule has 0 spiro atoms. The van der Waals surface area contributed by atoms with Gasteiger partial charge in [-0.3, -0.25) is 4.79 Å². The lowest BCUT2D eigenvalue weighted by Crippen LogP contribution is -2.35. The lowest BCUT2D eigenvalue weighted by Gasteiger charge is -2.27. The molecule has 2 aliphatic carbocycles. The fourth-order valence-electron chi connectivity index (χ4n) is 4.28. The van der Waals surface area contributed by atoms with Crippen LogP contribution in [0.4, 0.5) is 0 Å². The molecule has 0 saturated heterocycles. The van der Waals surface area contributed by atoms with Gasteiger partial charge >= 0.3 is 0 Å². The topological polar surface area (TPSA) is 29.5 Å². The Morgan fingerprint density at radius 2 is 2.05 bits per heavy atom. The minimum absolute atomic E-state index is 0.304. The SMILES string of the molecule is COCCN(Cc1ccccc1)C(=O)C[C@H]1C[C@H]2CC[C@H]1C2. The first-order chi connectivity index (χ1) is 10.8. The highest BCUT2D eigenvalue weighted by molar-refractivity contribution is 5.76. The van der Waals surface area contributed by atoms with Gasteiger partial charge in [-0.15, -0.1) is 0 Å². The molecule has 0 N–H and O–H groups in total. The summed E-state index contributed by atoms with van der Waals surface area (Å²) < 4.78 is 5.19. The Morgan fingerprint density at radius 1 is 1.23 bits per heavy atom. The number of hydrogen-bond acceptors (Lipinski definition) is 2. The molecule has 2 saturated carbocycles.